The Hall–Kier alpha value is -1.20. The van der Waals surface area contributed by atoms with E-state index in [-0.39, 0.29) is 11.9 Å². The molecule has 0 saturated carbocycles. The summed E-state index contributed by atoms with van der Waals surface area (Å²) in [6, 6.07) is 6.22. The molecule has 98 valence electrons. The lowest BCUT2D eigenvalue weighted by Crippen LogP contribution is -2.30. The van der Waals surface area contributed by atoms with Crippen molar-refractivity contribution in [2.24, 2.45) is 0 Å². The fourth-order valence-electron chi connectivity index (χ4n) is 2.48. The monoisotopic (exact) mass is 336 g/mol. The molecule has 3 heterocycles. The van der Waals surface area contributed by atoms with Gasteiger partial charge in [0.2, 0.25) is 0 Å². The van der Waals surface area contributed by atoms with Gasteiger partial charge in [0.1, 0.15) is 0 Å². The molecule has 2 aromatic rings. The highest BCUT2D eigenvalue weighted by atomic mass is 79.9. The molecule has 2 aromatic heterocycles. The van der Waals surface area contributed by atoms with E-state index in [2.05, 4.69) is 32.4 Å². The van der Waals surface area contributed by atoms with E-state index in [0.29, 0.717) is 5.56 Å². The summed E-state index contributed by atoms with van der Waals surface area (Å²) in [4.78, 5) is 19.9. The van der Waals surface area contributed by atoms with Crippen LogP contribution in [0.3, 0.4) is 0 Å². The molecule has 1 atom stereocenters. The van der Waals surface area contributed by atoms with Gasteiger partial charge in [0.25, 0.3) is 5.91 Å². The quantitative estimate of drug-likeness (QED) is 0.833. The van der Waals surface area contributed by atoms with Crippen molar-refractivity contribution >= 4 is 33.2 Å². The lowest BCUT2D eigenvalue weighted by molar-refractivity contribution is 0.0737. The minimum Gasteiger partial charge on any atom is -0.331 e. The first-order valence-electron chi connectivity index (χ1n) is 6.20. The maximum Gasteiger partial charge on any atom is 0.255 e. The maximum atomic E-state index is 12.6. The van der Waals surface area contributed by atoms with E-state index < -0.39 is 0 Å². The number of likely N-dealkylation sites (tertiary alicyclic amines) is 1. The van der Waals surface area contributed by atoms with Gasteiger partial charge in [0.05, 0.1) is 11.6 Å². The summed E-state index contributed by atoms with van der Waals surface area (Å²) in [6.45, 7) is 0.827. The van der Waals surface area contributed by atoms with Crippen LogP contribution >= 0.6 is 27.3 Å². The molecule has 0 spiro atoms. The van der Waals surface area contributed by atoms with Gasteiger partial charge in [-0.25, -0.2) is 0 Å². The molecule has 3 nitrogen and oxygen atoms in total. The number of hydrogen-bond acceptors (Lipinski definition) is 3. The predicted molar refractivity (Wildman–Crippen MR) is 79.3 cm³/mol. The van der Waals surface area contributed by atoms with Crippen molar-refractivity contribution in [1.29, 1.82) is 0 Å². The molecule has 1 amide bonds. The molecule has 3 rings (SSSR count). The zero-order chi connectivity index (χ0) is 13.2. The minimum absolute atomic E-state index is 0.0738. The summed E-state index contributed by atoms with van der Waals surface area (Å²) < 4.78 is 0.838. The maximum absolute atomic E-state index is 12.6. The fraction of sp³-hybridized carbons (Fsp3) is 0.286. The number of amides is 1. The number of aromatic nitrogens is 1. The number of thiophene rings is 1. The molecule has 0 bridgehead atoms. The zero-order valence-electron chi connectivity index (χ0n) is 10.3. The van der Waals surface area contributed by atoms with Crippen LogP contribution in [0.1, 0.15) is 34.1 Å². The van der Waals surface area contributed by atoms with E-state index in [4.69, 9.17) is 0 Å². The van der Waals surface area contributed by atoms with Crippen LogP contribution in [0.25, 0.3) is 0 Å². The Labute approximate surface area is 124 Å². The summed E-state index contributed by atoms with van der Waals surface area (Å²) in [5.74, 6) is 0.0738. The third-order valence-corrected chi connectivity index (χ3v) is 4.74. The van der Waals surface area contributed by atoms with Gasteiger partial charge >= 0.3 is 0 Å². The Morgan fingerprint density at radius 3 is 3.11 bits per heavy atom. The molecule has 0 N–H and O–H groups in total. The van der Waals surface area contributed by atoms with E-state index in [1.54, 1.807) is 23.7 Å². The average Bonchev–Trinajstić information content (AvgIpc) is 3.08. The van der Waals surface area contributed by atoms with Crippen molar-refractivity contribution in [3.05, 3.63) is 50.9 Å². The highest BCUT2D eigenvalue weighted by molar-refractivity contribution is 9.10. The molecule has 1 unspecified atom stereocenters. The number of hydrogen-bond donors (Lipinski definition) is 0. The van der Waals surface area contributed by atoms with E-state index in [1.165, 1.54) is 4.88 Å². The van der Waals surface area contributed by atoms with Crippen LogP contribution in [0.2, 0.25) is 0 Å². The molecule has 0 aliphatic carbocycles. The first kappa shape index (κ1) is 12.8. The Morgan fingerprint density at radius 1 is 1.47 bits per heavy atom. The second kappa shape index (κ2) is 5.43. The Morgan fingerprint density at radius 2 is 2.37 bits per heavy atom. The summed E-state index contributed by atoms with van der Waals surface area (Å²) in [5.41, 5.74) is 0.651. The second-order valence-electron chi connectivity index (χ2n) is 4.56. The van der Waals surface area contributed by atoms with Gasteiger partial charge in [0.15, 0.2) is 0 Å². The third kappa shape index (κ3) is 2.58. The molecule has 0 aromatic carbocycles. The van der Waals surface area contributed by atoms with Crippen LogP contribution in [-0.4, -0.2) is 22.3 Å². The van der Waals surface area contributed by atoms with Gasteiger partial charge < -0.3 is 4.90 Å². The largest absolute Gasteiger partial charge is 0.331 e. The summed E-state index contributed by atoms with van der Waals surface area (Å²) in [6.07, 6.45) is 5.44. The molecule has 5 heteroatoms. The number of nitrogens with zero attached hydrogens (tertiary/aromatic N) is 2. The van der Waals surface area contributed by atoms with Crippen molar-refractivity contribution in [2.75, 3.05) is 6.54 Å². The zero-order valence-corrected chi connectivity index (χ0v) is 12.7. The summed E-state index contributed by atoms with van der Waals surface area (Å²) in [7, 11) is 0. The number of halogens is 1. The van der Waals surface area contributed by atoms with Crippen molar-refractivity contribution in [3.8, 4) is 0 Å². The third-order valence-electron chi connectivity index (χ3n) is 3.34. The molecular formula is C14H13BrN2OS. The number of rotatable bonds is 2. The van der Waals surface area contributed by atoms with Crippen molar-refractivity contribution in [3.63, 3.8) is 0 Å². The second-order valence-corrected chi connectivity index (χ2v) is 6.46. The highest BCUT2D eigenvalue weighted by Gasteiger charge is 2.31. The van der Waals surface area contributed by atoms with E-state index >= 15 is 0 Å². The normalized spacial score (nSPS) is 18.8. The topological polar surface area (TPSA) is 33.2 Å². The van der Waals surface area contributed by atoms with Gasteiger partial charge in [-0.1, -0.05) is 6.07 Å². The molecular weight excluding hydrogens is 324 g/mol. The lowest BCUT2D eigenvalue weighted by Gasteiger charge is -2.23. The van der Waals surface area contributed by atoms with E-state index in [1.807, 2.05) is 17.0 Å². The van der Waals surface area contributed by atoms with E-state index in [0.717, 1.165) is 23.9 Å². The number of pyridine rings is 1. The Bertz CT molecular complexity index is 585. The number of carbonyl (C=O) groups is 1. The minimum atomic E-state index is 0.0738. The van der Waals surface area contributed by atoms with Crippen molar-refractivity contribution < 1.29 is 4.79 Å². The molecule has 19 heavy (non-hydrogen) atoms. The van der Waals surface area contributed by atoms with Gasteiger partial charge in [-0.05, 0) is 46.3 Å². The first-order chi connectivity index (χ1) is 9.25. The Balaban J connectivity index is 1.87. The summed E-state index contributed by atoms with van der Waals surface area (Å²) in [5, 5.41) is 2.07. The summed E-state index contributed by atoms with van der Waals surface area (Å²) >= 11 is 5.08. The van der Waals surface area contributed by atoms with Gasteiger partial charge in [-0.2, -0.15) is 0 Å². The molecule has 0 radical (unpaired) electrons. The van der Waals surface area contributed by atoms with Gasteiger partial charge in [-0.3, -0.25) is 9.78 Å². The van der Waals surface area contributed by atoms with E-state index in [9.17, 15) is 4.79 Å². The number of carbonyl (C=O) groups excluding carboxylic acids is 1. The fourth-order valence-corrected chi connectivity index (χ4v) is 3.72. The van der Waals surface area contributed by atoms with Crippen LogP contribution in [0, 0.1) is 0 Å². The smallest absolute Gasteiger partial charge is 0.255 e. The highest BCUT2D eigenvalue weighted by Crippen LogP contribution is 2.35. The Kier molecular flexibility index (Phi) is 3.66. The van der Waals surface area contributed by atoms with Crippen LogP contribution in [0.15, 0.2) is 40.4 Å². The van der Waals surface area contributed by atoms with Gasteiger partial charge in [-0.15, -0.1) is 11.3 Å². The van der Waals surface area contributed by atoms with Crippen molar-refractivity contribution in [1.82, 2.24) is 9.88 Å². The van der Waals surface area contributed by atoms with Crippen molar-refractivity contribution in [2.45, 2.75) is 18.9 Å². The average molecular weight is 337 g/mol. The van der Waals surface area contributed by atoms with Crippen LogP contribution in [0.5, 0.6) is 0 Å². The molecule has 1 fully saturated rings. The van der Waals surface area contributed by atoms with Gasteiger partial charge in [0, 0.05) is 28.3 Å². The standard InChI is InChI=1S/C14H13BrN2OS/c15-11-7-10(8-16-9-11)14(18)17-5-1-3-12(17)13-4-2-6-19-13/h2,4,6-9,12H,1,3,5H2. The SMILES string of the molecule is O=C(c1cncc(Br)c1)N1CCCC1c1cccs1. The van der Waals surface area contributed by atoms with Crippen LogP contribution in [0.4, 0.5) is 0 Å². The first-order valence-corrected chi connectivity index (χ1v) is 7.88. The molecule has 1 aliphatic heterocycles. The van der Waals surface area contributed by atoms with Crippen LogP contribution < -0.4 is 0 Å². The molecule has 1 aliphatic rings. The molecule has 1 saturated heterocycles. The van der Waals surface area contributed by atoms with Crippen LogP contribution in [-0.2, 0) is 0 Å². The predicted octanol–water partition coefficient (Wildman–Crippen LogP) is 3.88. The lowest BCUT2D eigenvalue weighted by atomic mass is 10.1.